The SMILES string of the molecule is CCOc1ccc(C2c3c(oc4ccc(Br)cc4c3=O)C(=O)N2Cc2ccc(C)cc2)cc1OCC. The van der Waals surface area contributed by atoms with Gasteiger partial charge in [0.25, 0.3) is 5.91 Å². The number of hydrogen-bond acceptors (Lipinski definition) is 5. The first-order valence-corrected chi connectivity index (χ1v) is 12.7. The van der Waals surface area contributed by atoms with Crippen molar-refractivity contribution in [3.63, 3.8) is 0 Å². The van der Waals surface area contributed by atoms with E-state index in [2.05, 4.69) is 15.9 Å². The summed E-state index contributed by atoms with van der Waals surface area (Å²) in [5, 5.41) is 0.425. The summed E-state index contributed by atoms with van der Waals surface area (Å²) >= 11 is 3.44. The van der Waals surface area contributed by atoms with Crippen molar-refractivity contribution in [2.45, 2.75) is 33.4 Å². The van der Waals surface area contributed by atoms with Crippen LogP contribution in [0.5, 0.6) is 11.5 Å². The third kappa shape index (κ3) is 4.28. The molecule has 4 aromatic rings. The Morgan fingerprint density at radius 3 is 2.36 bits per heavy atom. The van der Waals surface area contributed by atoms with Crippen LogP contribution < -0.4 is 14.9 Å². The molecule has 6 nitrogen and oxygen atoms in total. The Morgan fingerprint density at radius 2 is 1.64 bits per heavy atom. The van der Waals surface area contributed by atoms with E-state index in [1.54, 1.807) is 23.1 Å². The third-order valence-corrected chi connectivity index (χ3v) is 6.78. The maximum absolute atomic E-state index is 13.8. The zero-order valence-electron chi connectivity index (χ0n) is 20.3. The molecule has 0 aliphatic carbocycles. The fourth-order valence-electron chi connectivity index (χ4n) is 4.63. The predicted molar refractivity (Wildman–Crippen MR) is 142 cm³/mol. The van der Waals surface area contributed by atoms with E-state index in [1.165, 1.54) is 0 Å². The molecular weight excluding hydrogens is 522 g/mol. The summed E-state index contributed by atoms with van der Waals surface area (Å²) in [6, 6.07) is 18.2. The van der Waals surface area contributed by atoms with E-state index in [0.29, 0.717) is 47.8 Å². The Balaban J connectivity index is 1.71. The molecule has 1 aromatic heterocycles. The van der Waals surface area contributed by atoms with Crippen molar-refractivity contribution in [3.05, 3.63) is 103 Å². The van der Waals surface area contributed by atoms with Gasteiger partial charge in [0, 0.05) is 11.0 Å². The lowest BCUT2D eigenvalue weighted by atomic mass is 9.97. The molecule has 184 valence electrons. The first kappa shape index (κ1) is 24.1. The highest BCUT2D eigenvalue weighted by Gasteiger charge is 2.43. The zero-order chi connectivity index (χ0) is 25.4. The molecule has 3 aromatic carbocycles. The number of ether oxygens (including phenoxy) is 2. The Labute approximate surface area is 217 Å². The fraction of sp³-hybridized carbons (Fsp3) is 0.241. The first-order chi connectivity index (χ1) is 17.4. The van der Waals surface area contributed by atoms with Gasteiger partial charge < -0.3 is 18.8 Å². The maximum Gasteiger partial charge on any atom is 0.291 e. The first-order valence-electron chi connectivity index (χ1n) is 11.9. The number of carbonyl (C=O) groups is 1. The molecule has 36 heavy (non-hydrogen) atoms. The molecule has 0 bridgehead atoms. The molecular formula is C29H26BrNO5. The van der Waals surface area contributed by atoms with Crippen LogP contribution in [0, 0.1) is 6.92 Å². The van der Waals surface area contributed by atoms with E-state index in [4.69, 9.17) is 13.9 Å². The number of amides is 1. The number of carbonyl (C=O) groups excluding carboxylic acids is 1. The highest BCUT2D eigenvalue weighted by atomic mass is 79.9. The van der Waals surface area contributed by atoms with Crippen LogP contribution in [0.25, 0.3) is 11.0 Å². The van der Waals surface area contributed by atoms with Crippen molar-refractivity contribution in [1.29, 1.82) is 0 Å². The summed E-state index contributed by atoms with van der Waals surface area (Å²) in [7, 11) is 0. The molecule has 1 amide bonds. The average Bonchev–Trinajstić information content (AvgIpc) is 3.14. The quantitative estimate of drug-likeness (QED) is 0.267. The van der Waals surface area contributed by atoms with Crippen molar-refractivity contribution >= 4 is 32.8 Å². The molecule has 2 heterocycles. The predicted octanol–water partition coefficient (Wildman–Crippen LogP) is 6.41. The van der Waals surface area contributed by atoms with Crippen LogP contribution in [-0.2, 0) is 6.54 Å². The Hall–Kier alpha value is -3.58. The maximum atomic E-state index is 13.8. The lowest BCUT2D eigenvalue weighted by Crippen LogP contribution is -2.29. The number of nitrogens with zero attached hydrogens (tertiary/aromatic N) is 1. The highest BCUT2D eigenvalue weighted by molar-refractivity contribution is 9.10. The van der Waals surface area contributed by atoms with E-state index in [0.717, 1.165) is 21.2 Å². The smallest absolute Gasteiger partial charge is 0.291 e. The summed E-state index contributed by atoms with van der Waals surface area (Å²) in [5.41, 5.74) is 3.35. The number of benzene rings is 3. The van der Waals surface area contributed by atoms with Crippen molar-refractivity contribution in [2.75, 3.05) is 13.2 Å². The number of halogens is 1. The van der Waals surface area contributed by atoms with Gasteiger partial charge in [0.2, 0.25) is 5.76 Å². The molecule has 0 spiro atoms. The van der Waals surface area contributed by atoms with Crippen LogP contribution in [-0.4, -0.2) is 24.0 Å². The van der Waals surface area contributed by atoms with Crippen LogP contribution in [0.2, 0.25) is 0 Å². The van der Waals surface area contributed by atoms with Gasteiger partial charge >= 0.3 is 0 Å². The summed E-state index contributed by atoms with van der Waals surface area (Å²) in [6.07, 6.45) is 0. The molecule has 1 unspecified atom stereocenters. The Morgan fingerprint density at radius 1 is 0.917 bits per heavy atom. The molecule has 0 radical (unpaired) electrons. The lowest BCUT2D eigenvalue weighted by Gasteiger charge is -2.26. The zero-order valence-corrected chi connectivity index (χ0v) is 21.9. The molecule has 0 saturated heterocycles. The highest BCUT2D eigenvalue weighted by Crippen LogP contribution is 2.42. The second kappa shape index (κ2) is 9.82. The minimum absolute atomic E-state index is 0.0822. The van der Waals surface area contributed by atoms with Gasteiger partial charge in [-0.05, 0) is 62.2 Å². The van der Waals surface area contributed by atoms with E-state index >= 15 is 0 Å². The van der Waals surface area contributed by atoms with Crippen LogP contribution in [0.3, 0.4) is 0 Å². The summed E-state index contributed by atoms with van der Waals surface area (Å²) < 4.78 is 18.4. The topological polar surface area (TPSA) is 69.0 Å². The normalized spacial score (nSPS) is 14.8. The monoisotopic (exact) mass is 547 g/mol. The van der Waals surface area contributed by atoms with E-state index in [1.807, 2.05) is 63.2 Å². The average molecular weight is 548 g/mol. The molecule has 5 rings (SSSR count). The second-order valence-electron chi connectivity index (χ2n) is 8.71. The van der Waals surface area contributed by atoms with Gasteiger partial charge in [-0.15, -0.1) is 0 Å². The molecule has 7 heteroatoms. The molecule has 1 aliphatic heterocycles. The van der Waals surface area contributed by atoms with E-state index < -0.39 is 6.04 Å². The van der Waals surface area contributed by atoms with Gasteiger partial charge in [-0.25, -0.2) is 0 Å². The van der Waals surface area contributed by atoms with Crippen molar-refractivity contribution in [2.24, 2.45) is 0 Å². The Bertz CT molecular complexity index is 1510. The largest absolute Gasteiger partial charge is 0.490 e. The van der Waals surface area contributed by atoms with E-state index in [-0.39, 0.29) is 17.1 Å². The van der Waals surface area contributed by atoms with Gasteiger partial charge in [0.1, 0.15) is 5.58 Å². The van der Waals surface area contributed by atoms with Crippen molar-refractivity contribution in [3.8, 4) is 11.5 Å². The van der Waals surface area contributed by atoms with Gasteiger partial charge in [-0.3, -0.25) is 9.59 Å². The number of fused-ring (bicyclic) bond motifs is 2. The third-order valence-electron chi connectivity index (χ3n) is 6.28. The van der Waals surface area contributed by atoms with Gasteiger partial charge in [0.05, 0.1) is 30.2 Å². The number of aryl methyl sites for hydroxylation is 1. The fourth-order valence-corrected chi connectivity index (χ4v) is 4.99. The van der Waals surface area contributed by atoms with Crippen molar-refractivity contribution in [1.82, 2.24) is 4.90 Å². The van der Waals surface area contributed by atoms with Gasteiger partial charge in [-0.2, -0.15) is 0 Å². The summed E-state index contributed by atoms with van der Waals surface area (Å²) in [4.78, 5) is 29.2. The van der Waals surface area contributed by atoms with Gasteiger partial charge in [0.15, 0.2) is 16.9 Å². The van der Waals surface area contributed by atoms with Crippen LogP contribution in [0.1, 0.15) is 52.7 Å². The number of hydrogen-bond donors (Lipinski definition) is 0. The summed E-state index contributed by atoms with van der Waals surface area (Å²) in [6.45, 7) is 7.10. The molecule has 1 atom stereocenters. The molecule has 1 aliphatic rings. The van der Waals surface area contributed by atoms with Gasteiger partial charge in [-0.1, -0.05) is 51.8 Å². The van der Waals surface area contributed by atoms with Crippen LogP contribution in [0.15, 0.2) is 74.3 Å². The molecule has 0 N–H and O–H groups in total. The minimum atomic E-state index is -0.636. The van der Waals surface area contributed by atoms with Crippen LogP contribution >= 0.6 is 15.9 Å². The molecule has 0 fully saturated rings. The van der Waals surface area contributed by atoms with Crippen molar-refractivity contribution < 1.29 is 18.7 Å². The summed E-state index contributed by atoms with van der Waals surface area (Å²) in [5.74, 6) is 0.955. The Kier molecular flexibility index (Phi) is 6.58. The van der Waals surface area contributed by atoms with E-state index in [9.17, 15) is 9.59 Å². The number of rotatable bonds is 7. The standard InChI is InChI=1S/C29H26BrNO5/c1-4-34-23-12-10-19(14-24(23)35-5-2)26-25-27(32)21-15-20(30)11-13-22(21)36-28(25)29(33)31(26)16-18-8-6-17(3)7-9-18/h6-15,26H,4-5,16H2,1-3H3. The second-order valence-corrected chi connectivity index (χ2v) is 9.62. The van der Waals surface area contributed by atoms with Crippen LogP contribution in [0.4, 0.5) is 0 Å². The lowest BCUT2D eigenvalue weighted by molar-refractivity contribution is 0.0714. The molecule has 0 saturated carbocycles. The minimum Gasteiger partial charge on any atom is -0.490 e.